The zero-order chi connectivity index (χ0) is 13.1. The Bertz CT molecular complexity index is 505. The summed E-state index contributed by atoms with van der Waals surface area (Å²) in [7, 11) is 0. The lowest BCUT2D eigenvalue weighted by Crippen LogP contribution is -2.33. The number of carbonyl (C=O) groups is 1. The van der Waals surface area contributed by atoms with E-state index in [0.29, 0.717) is 18.0 Å². The van der Waals surface area contributed by atoms with Crippen LogP contribution in [0.1, 0.15) is 23.2 Å². The third-order valence-electron chi connectivity index (χ3n) is 2.91. The standard InChI is InChI=1S/C14H13ClFNO/c1-2-7-17(9-10-3-4-10)14(18)12-6-5-11(16)8-13(12)15/h1,5-6,8,10H,3-4,7,9H2. The van der Waals surface area contributed by atoms with Gasteiger partial charge in [-0.25, -0.2) is 4.39 Å². The lowest BCUT2D eigenvalue weighted by atomic mass is 10.2. The highest BCUT2D eigenvalue weighted by Gasteiger charge is 2.27. The fourth-order valence-electron chi connectivity index (χ4n) is 1.77. The first kappa shape index (κ1) is 12.9. The SMILES string of the molecule is C#CCN(CC1CC1)C(=O)c1ccc(F)cc1Cl. The van der Waals surface area contributed by atoms with E-state index in [0.717, 1.165) is 18.9 Å². The van der Waals surface area contributed by atoms with Crippen molar-refractivity contribution in [2.75, 3.05) is 13.1 Å². The van der Waals surface area contributed by atoms with Crippen LogP contribution < -0.4 is 0 Å². The molecule has 1 aliphatic carbocycles. The van der Waals surface area contributed by atoms with Crippen LogP contribution in [0, 0.1) is 24.1 Å². The lowest BCUT2D eigenvalue weighted by molar-refractivity contribution is 0.0770. The zero-order valence-corrected chi connectivity index (χ0v) is 10.6. The molecule has 1 fully saturated rings. The Morgan fingerprint density at radius 2 is 2.28 bits per heavy atom. The van der Waals surface area contributed by atoms with Crippen molar-refractivity contribution in [1.29, 1.82) is 0 Å². The summed E-state index contributed by atoms with van der Waals surface area (Å²) < 4.78 is 12.9. The van der Waals surface area contributed by atoms with Crippen LogP contribution in [0.2, 0.25) is 5.02 Å². The third kappa shape index (κ3) is 3.02. The smallest absolute Gasteiger partial charge is 0.256 e. The zero-order valence-electron chi connectivity index (χ0n) is 9.83. The van der Waals surface area contributed by atoms with E-state index in [1.165, 1.54) is 12.1 Å². The van der Waals surface area contributed by atoms with Crippen LogP contribution in [-0.4, -0.2) is 23.9 Å². The number of amides is 1. The quantitative estimate of drug-likeness (QED) is 0.767. The average Bonchev–Trinajstić information content (AvgIpc) is 3.11. The van der Waals surface area contributed by atoms with Gasteiger partial charge in [0.1, 0.15) is 5.82 Å². The predicted molar refractivity (Wildman–Crippen MR) is 68.9 cm³/mol. The molecule has 0 spiro atoms. The largest absolute Gasteiger partial charge is 0.327 e. The highest BCUT2D eigenvalue weighted by atomic mass is 35.5. The number of terminal acetylenes is 1. The van der Waals surface area contributed by atoms with Crippen LogP contribution in [0.5, 0.6) is 0 Å². The summed E-state index contributed by atoms with van der Waals surface area (Å²) in [5, 5.41) is 0.123. The topological polar surface area (TPSA) is 20.3 Å². The first-order chi connectivity index (χ1) is 8.61. The van der Waals surface area contributed by atoms with Gasteiger partial charge in [0, 0.05) is 6.54 Å². The van der Waals surface area contributed by atoms with Crippen molar-refractivity contribution in [3.8, 4) is 12.3 Å². The molecule has 0 N–H and O–H groups in total. The minimum Gasteiger partial charge on any atom is -0.327 e. The molecule has 18 heavy (non-hydrogen) atoms. The molecule has 1 amide bonds. The summed E-state index contributed by atoms with van der Waals surface area (Å²) in [6, 6.07) is 3.76. The Morgan fingerprint density at radius 3 is 2.83 bits per heavy atom. The molecular formula is C14H13ClFNO. The van der Waals surface area contributed by atoms with Crippen molar-refractivity contribution < 1.29 is 9.18 Å². The molecule has 0 heterocycles. The number of halogens is 2. The summed E-state index contributed by atoms with van der Waals surface area (Å²) >= 11 is 5.88. The van der Waals surface area contributed by atoms with Crippen molar-refractivity contribution in [3.63, 3.8) is 0 Å². The number of benzene rings is 1. The van der Waals surface area contributed by atoms with Crippen molar-refractivity contribution in [1.82, 2.24) is 4.90 Å². The Kier molecular flexibility index (Phi) is 3.88. The summed E-state index contributed by atoms with van der Waals surface area (Å²) in [4.78, 5) is 13.8. The lowest BCUT2D eigenvalue weighted by Gasteiger charge is -2.20. The first-order valence-electron chi connectivity index (χ1n) is 5.79. The molecule has 2 nitrogen and oxygen atoms in total. The van der Waals surface area contributed by atoms with Gasteiger partial charge in [0.25, 0.3) is 5.91 Å². The summed E-state index contributed by atoms with van der Waals surface area (Å²) in [5.41, 5.74) is 0.300. The van der Waals surface area contributed by atoms with Crippen molar-refractivity contribution in [2.45, 2.75) is 12.8 Å². The Hall–Kier alpha value is -1.53. The summed E-state index contributed by atoms with van der Waals surface area (Å²) in [6.45, 7) is 0.903. The van der Waals surface area contributed by atoms with Gasteiger partial charge in [-0.1, -0.05) is 17.5 Å². The van der Waals surface area contributed by atoms with Crippen LogP contribution >= 0.6 is 11.6 Å². The second kappa shape index (κ2) is 5.41. The van der Waals surface area contributed by atoms with Gasteiger partial charge in [0.05, 0.1) is 17.1 Å². The molecule has 0 aliphatic heterocycles. The molecule has 1 aromatic rings. The Morgan fingerprint density at radius 1 is 1.56 bits per heavy atom. The van der Waals surface area contributed by atoms with Gasteiger partial charge in [0.15, 0.2) is 0 Å². The molecule has 4 heteroatoms. The molecule has 0 aromatic heterocycles. The van der Waals surface area contributed by atoms with Crippen LogP contribution in [0.25, 0.3) is 0 Å². The Balaban J connectivity index is 2.18. The van der Waals surface area contributed by atoms with Gasteiger partial charge in [0.2, 0.25) is 0 Å². The number of rotatable bonds is 4. The molecule has 1 saturated carbocycles. The highest BCUT2D eigenvalue weighted by Crippen LogP contribution is 2.30. The summed E-state index contributed by atoms with van der Waals surface area (Å²) in [5.74, 6) is 2.33. The molecule has 2 rings (SSSR count). The highest BCUT2D eigenvalue weighted by molar-refractivity contribution is 6.33. The minimum absolute atomic E-state index is 0.123. The molecule has 0 unspecified atom stereocenters. The van der Waals surface area contributed by atoms with Gasteiger partial charge in [-0.05, 0) is 37.0 Å². The molecule has 0 atom stereocenters. The fraction of sp³-hybridized carbons (Fsp3) is 0.357. The van der Waals surface area contributed by atoms with Crippen molar-refractivity contribution >= 4 is 17.5 Å². The third-order valence-corrected chi connectivity index (χ3v) is 3.22. The maximum absolute atomic E-state index is 12.9. The molecule has 0 bridgehead atoms. The van der Waals surface area contributed by atoms with E-state index in [1.54, 1.807) is 4.90 Å². The van der Waals surface area contributed by atoms with E-state index in [-0.39, 0.29) is 17.5 Å². The van der Waals surface area contributed by atoms with Crippen LogP contribution in [-0.2, 0) is 0 Å². The fourth-order valence-corrected chi connectivity index (χ4v) is 2.02. The van der Waals surface area contributed by atoms with E-state index < -0.39 is 5.82 Å². The van der Waals surface area contributed by atoms with Crippen molar-refractivity contribution in [2.24, 2.45) is 5.92 Å². The van der Waals surface area contributed by atoms with Gasteiger partial charge >= 0.3 is 0 Å². The number of hydrogen-bond acceptors (Lipinski definition) is 1. The molecule has 0 saturated heterocycles. The summed E-state index contributed by atoms with van der Waals surface area (Å²) in [6.07, 6.45) is 7.53. The van der Waals surface area contributed by atoms with Crippen LogP contribution in [0.4, 0.5) is 4.39 Å². The van der Waals surface area contributed by atoms with Gasteiger partial charge in [-0.15, -0.1) is 6.42 Å². The van der Waals surface area contributed by atoms with Gasteiger partial charge in [-0.3, -0.25) is 4.79 Å². The van der Waals surface area contributed by atoms with E-state index in [2.05, 4.69) is 5.92 Å². The van der Waals surface area contributed by atoms with E-state index in [1.807, 2.05) is 0 Å². The van der Waals surface area contributed by atoms with E-state index in [9.17, 15) is 9.18 Å². The predicted octanol–water partition coefficient (Wildman–Crippen LogP) is 2.96. The molecule has 1 aromatic carbocycles. The monoisotopic (exact) mass is 265 g/mol. The second-order valence-corrected chi connectivity index (χ2v) is 4.86. The number of carbonyl (C=O) groups excluding carboxylic acids is 1. The van der Waals surface area contributed by atoms with Crippen LogP contribution in [0.15, 0.2) is 18.2 Å². The normalized spacial score (nSPS) is 14.1. The first-order valence-corrected chi connectivity index (χ1v) is 6.17. The van der Waals surface area contributed by atoms with E-state index >= 15 is 0 Å². The molecule has 0 radical (unpaired) electrons. The number of nitrogens with zero attached hydrogens (tertiary/aromatic N) is 1. The molecule has 1 aliphatic rings. The van der Waals surface area contributed by atoms with Gasteiger partial charge < -0.3 is 4.90 Å². The minimum atomic E-state index is -0.456. The number of hydrogen-bond donors (Lipinski definition) is 0. The van der Waals surface area contributed by atoms with Crippen LogP contribution in [0.3, 0.4) is 0 Å². The molecule has 94 valence electrons. The average molecular weight is 266 g/mol. The maximum Gasteiger partial charge on any atom is 0.256 e. The Labute approximate surface area is 111 Å². The second-order valence-electron chi connectivity index (χ2n) is 4.46. The van der Waals surface area contributed by atoms with Crippen molar-refractivity contribution in [3.05, 3.63) is 34.6 Å². The van der Waals surface area contributed by atoms with E-state index in [4.69, 9.17) is 18.0 Å². The van der Waals surface area contributed by atoms with Gasteiger partial charge in [-0.2, -0.15) is 0 Å². The molecular weight excluding hydrogens is 253 g/mol. The maximum atomic E-state index is 12.9.